The molecule has 1 fully saturated rings. The maximum Gasteiger partial charge on any atom is 0.218 e. The lowest BCUT2D eigenvalue weighted by Gasteiger charge is -2.33. The van der Waals surface area contributed by atoms with Crippen molar-refractivity contribution in [2.75, 3.05) is 37.6 Å². The van der Waals surface area contributed by atoms with Crippen molar-refractivity contribution < 1.29 is 19.2 Å². The number of benzene rings is 2. The molecule has 0 unspecified atom stereocenters. The predicted octanol–water partition coefficient (Wildman–Crippen LogP) is 2.59. The number of aromatic nitrogens is 1. The van der Waals surface area contributed by atoms with Crippen molar-refractivity contribution in [3.8, 4) is 5.75 Å². The zero-order valence-corrected chi connectivity index (χ0v) is 18.1. The zero-order chi connectivity index (χ0) is 22.0. The number of Topliss-reactive ketones (excluding diaryl/α,β-unsaturated/α-hetero) is 1. The summed E-state index contributed by atoms with van der Waals surface area (Å²) in [5.41, 5.74) is 4.91. The summed E-state index contributed by atoms with van der Waals surface area (Å²) in [5, 5.41) is 9.46. The summed E-state index contributed by atoms with van der Waals surface area (Å²) >= 11 is 0. The number of rotatable bonds is 6. The Hall–Kier alpha value is -3.12. The number of hydrogen-bond donors (Lipinski definition) is 2. The SMILES string of the molecule is Cc1cc(C(=O)C[NH+]2CCN(c3ccc(O)cc3)CC2)c(C)n1Cc1ccc(F)cc1. The van der Waals surface area contributed by atoms with Crippen molar-refractivity contribution in [3.63, 3.8) is 0 Å². The van der Waals surface area contributed by atoms with E-state index in [4.69, 9.17) is 0 Å². The van der Waals surface area contributed by atoms with Crippen LogP contribution in [0, 0.1) is 19.7 Å². The number of anilines is 1. The second kappa shape index (κ2) is 8.94. The van der Waals surface area contributed by atoms with Gasteiger partial charge < -0.3 is 19.5 Å². The Kier molecular flexibility index (Phi) is 6.09. The fourth-order valence-corrected chi connectivity index (χ4v) is 4.34. The standard InChI is InChI=1S/C25H28FN3O2/c1-18-15-24(19(2)29(18)16-20-3-5-21(26)6-4-20)25(31)17-27-11-13-28(14-12-27)22-7-9-23(30)10-8-22/h3-10,15,30H,11-14,16-17H2,1-2H3/p+1. The molecule has 3 aromatic rings. The van der Waals surface area contributed by atoms with Gasteiger partial charge in [0.05, 0.1) is 26.2 Å². The summed E-state index contributed by atoms with van der Waals surface area (Å²) in [6.07, 6.45) is 0. The molecule has 4 rings (SSSR count). The highest BCUT2D eigenvalue weighted by Crippen LogP contribution is 2.19. The van der Waals surface area contributed by atoms with Crippen LogP contribution in [0.15, 0.2) is 54.6 Å². The van der Waals surface area contributed by atoms with E-state index in [0.29, 0.717) is 13.1 Å². The van der Waals surface area contributed by atoms with Crippen LogP contribution in [0.25, 0.3) is 0 Å². The monoisotopic (exact) mass is 422 g/mol. The Balaban J connectivity index is 1.38. The van der Waals surface area contributed by atoms with E-state index in [-0.39, 0.29) is 17.3 Å². The number of aromatic hydroxyl groups is 1. The highest BCUT2D eigenvalue weighted by molar-refractivity contribution is 5.98. The number of ketones is 1. The first-order chi connectivity index (χ1) is 14.9. The number of halogens is 1. The van der Waals surface area contributed by atoms with E-state index in [1.165, 1.54) is 17.0 Å². The number of quaternary nitrogens is 1. The number of phenolic OH excluding ortho intramolecular Hbond substituents is 1. The van der Waals surface area contributed by atoms with Gasteiger partial charge in [0, 0.05) is 29.2 Å². The molecule has 6 heteroatoms. The van der Waals surface area contributed by atoms with Gasteiger partial charge in [-0.2, -0.15) is 0 Å². The van der Waals surface area contributed by atoms with E-state index < -0.39 is 0 Å². The Morgan fingerprint density at radius 1 is 1.03 bits per heavy atom. The van der Waals surface area contributed by atoms with Crippen molar-refractivity contribution in [1.29, 1.82) is 0 Å². The number of hydrogen-bond acceptors (Lipinski definition) is 3. The molecule has 31 heavy (non-hydrogen) atoms. The van der Waals surface area contributed by atoms with Crippen molar-refractivity contribution in [2.24, 2.45) is 0 Å². The van der Waals surface area contributed by atoms with Gasteiger partial charge >= 0.3 is 0 Å². The zero-order valence-electron chi connectivity index (χ0n) is 18.1. The summed E-state index contributed by atoms with van der Waals surface area (Å²) in [5.74, 6) is 0.205. The summed E-state index contributed by atoms with van der Waals surface area (Å²) in [7, 11) is 0. The quantitative estimate of drug-likeness (QED) is 0.601. The van der Waals surface area contributed by atoms with Gasteiger partial charge in [-0.1, -0.05) is 12.1 Å². The number of nitrogens with one attached hydrogen (secondary N) is 1. The molecule has 0 radical (unpaired) electrons. The number of carbonyl (C=O) groups is 1. The molecular formula is C25H29FN3O2+. The lowest BCUT2D eigenvalue weighted by molar-refractivity contribution is -0.892. The molecule has 0 spiro atoms. The van der Waals surface area contributed by atoms with E-state index in [0.717, 1.165) is 54.4 Å². The van der Waals surface area contributed by atoms with Crippen molar-refractivity contribution in [2.45, 2.75) is 20.4 Å². The van der Waals surface area contributed by atoms with Gasteiger partial charge in [0.15, 0.2) is 0 Å². The van der Waals surface area contributed by atoms with E-state index >= 15 is 0 Å². The molecule has 1 saturated heterocycles. The fourth-order valence-electron chi connectivity index (χ4n) is 4.34. The molecule has 162 valence electrons. The summed E-state index contributed by atoms with van der Waals surface area (Å²) in [6, 6.07) is 15.8. The maximum absolute atomic E-state index is 13.2. The van der Waals surface area contributed by atoms with Crippen LogP contribution < -0.4 is 9.80 Å². The third-order valence-electron chi connectivity index (χ3n) is 6.22. The normalized spacial score (nSPS) is 14.7. The van der Waals surface area contributed by atoms with E-state index in [2.05, 4.69) is 9.47 Å². The minimum atomic E-state index is -0.242. The topological polar surface area (TPSA) is 49.9 Å². The van der Waals surface area contributed by atoms with Crippen LogP contribution in [-0.2, 0) is 6.54 Å². The molecule has 0 amide bonds. The van der Waals surface area contributed by atoms with Gasteiger partial charge in [-0.05, 0) is 61.9 Å². The van der Waals surface area contributed by atoms with E-state index in [9.17, 15) is 14.3 Å². The number of aryl methyl sites for hydroxylation is 1. The molecule has 0 saturated carbocycles. The second-order valence-electron chi connectivity index (χ2n) is 8.35. The Labute approximate surface area is 182 Å². The number of piperazine rings is 1. The highest BCUT2D eigenvalue weighted by Gasteiger charge is 2.25. The first kappa shape index (κ1) is 21.1. The van der Waals surface area contributed by atoms with Gasteiger partial charge in [-0.25, -0.2) is 4.39 Å². The van der Waals surface area contributed by atoms with Crippen LogP contribution in [0.1, 0.15) is 27.3 Å². The molecule has 0 aliphatic carbocycles. The van der Waals surface area contributed by atoms with E-state index in [1.54, 1.807) is 24.3 Å². The number of carbonyl (C=O) groups excluding carboxylic acids is 1. The molecular weight excluding hydrogens is 393 g/mol. The molecule has 2 aromatic carbocycles. The third kappa shape index (κ3) is 4.80. The second-order valence-corrected chi connectivity index (χ2v) is 8.35. The Bertz CT molecular complexity index is 1050. The molecule has 1 aliphatic heterocycles. The minimum absolute atomic E-state index is 0.173. The highest BCUT2D eigenvalue weighted by atomic mass is 19.1. The maximum atomic E-state index is 13.2. The Morgan fingerprint density at radius 2 is 1.68 bits per heavy atom. The molecule has 1 aliphatic rings. The summed E-state index contributed by atoms with van der Waals surface area (Å²) in [6.45, 7) is 8.70. The van der Waals surface area contributed by atoms with Crippen LogP contribution in [0.5, 0.6) is 5.75 Å². The van der Waals surface area contributed by atoms with Gasteiger partial charge in [0.1, 0.15) is 18.1 Å². The van der Waals surface area contributed by atoms with Crippen LogP contribution in [0.3, 0.4) is 0 Å². The lowest BCUT2D eigenvalue weighted by Crippen LogP contribution is -3.15. The Morgan fingerprint density at radius 3 is 2.32 bits per heavy atom. The van der Waals surface area contributed by atoms with Crippen LogP contribution in [-0.4, -0.2) is 48.2 Å². The van der Waals surface area contributed by atoms with Crippen molar-refractivity contribution in [3.05, 3.63) is 82.9 Å². The first-order valence-electron chi connectivity index (χ1n) is 10.7. The fraction of sp³-hybridized carbons (Fsp3) is 0.320. The molecule has 2 heterocycles. The van der Waals surface area contributed by atoms with Crippen molar-refractivity contribution >= 4 is 11.5 Å². The smallest absolute Gasteiger partial charge is 0.218 e. The van der Waals surface area contributed by atoms with Gasteiger partial charge in [0.25, 0.3) is 0 Å². The molecule has 1 aromatic heterocycles. The van der Waals surface area contributed by atoms with Gasteiger partial charge in [0.2, 0.25) is 5.78 Å². The largest absolute Gasteiger partial charge is 0.508 e. The van der Waals surface area contributed by atoms with Crippen LogP contribution in [0.2, 0.25) is 0 Å². The van der Waals surface area contributed by atoms with Gasteiger partial charge in [-0.3, -0.25) is 4.79 Å². The van der Waals surface area contributed by atoms with Crippen LogP contribution in [0.4, 0.5) is 10.1 Å². The molecule has 5 nitrogen and oxygen atoms in total. The first-order valence-corrected chi connectivity index (χ1v) is 10.7. The lowest BCUT2D eigenvalue weighted by atomic mass is 10.1. The minimum Gasteiger partial charge on any atom is -0.508 e. The number of phenols is 1. The van der Waals surface area contributed by atoms with Crippen molar-refractivity contribution in [1.82, 2.24) is 4.57 Å². The third-order valence-corrected chi connectivity index (χ3v) is 6.22. The molecule has 0 atom stereocenters. The average molecular weight is 423 g/mol. The summed E-state index contributed by atoms with van der Waals surface area (Å²) in [4.78, 5) is 16.6. The average Bonchev–Trinajstić information content (AvgIpc) is 3.05. The molecule has 0 bridgehead atoms. The van der Waals surface area contributed by atoms with Gasteiger partial charge in [-0.15, -0.1) is 0 Å². The summed E-state index contributed by atoms with van der Waals surface area (Å²) < 4.78 is 15.3. The predicted molar refractivity (Wildman–Crippen MR) is 120 cm³/mol. The number of nitrogens with zero attached hydrogens (tertiary/aromatic N) is 2. The molecule has 2 N–H and O–H groups in total. The van der Waals surface area contributed by atoms with E-state index in [1.807, 2.05) is 32.0 Å². The van der Waals surface area contributed by atoms with Crippen LogP contribution >= 0.6 is 0 Å².